The number of benzene rings is 1. The van der Waals surface area contributed by atoms with Gasteiger partial charge in [0.1, 0.15) is 24.1 Å². The summed E-state index contributed by atoms with van der Waals surface area (Å²) in [4.78, 5) is 3.93. The summed E-state index contributed by atoms with van der Waals surface area (Å²) in [5.41, 5.74) is 3.71. The largest absolute Gasteiger partial charge is 0.489 e. The summed E-state index contributed by atoms with van der Waals surface area (Å²) in [7, 11) is 0. The van der Waals surface area contributed by atoms with Crippen molar-refractivity contribution < 1.29 is 4.74 Å². The Kier molecular flexibility index (Phi) is 3.59. The molecule has 0 aliphatic carbocycles. The predicted octanol–water partition coefficient (Wildman–Crippen LogP) is 3.15. The van der Waals surface area contributed by atoms with Crippen LogP contribution >= 0.6 is 0 Å². The van der Waals surface area contributed by atoms with Crippen LogP contribution in [0.3, 0.4) is 0 Å². The lowest BCUT2D eigenvalue weighted by molar-refractivity contribution is 0.303. The zero-order chi connectivity index (χ0) is 13.0. The van der Waals surface area contributed by atoms with Crippen LogP contribution in [0.4, 0.5) is 0 Å². The van der Waals surface area contributed by atoms with Crippen molar-refractivity contribution in [2.75, 3.05) is 0 Å². The molecule has 0 N–H and O–H groups in total. The highest BCUT2D eigenvalue weighted by molar-refractivity contribution is 5.38. The minimum absolute atomic E-state index is 0.414. The van der Waals surface area contributed by atoms with Crippen LogP contribution in [0, 0.1) is 25.2 Å². The van der Waals surface area contributed by atoms with Gasteiger partial charge in [-0.15, -0.1) is 0 Å². The van der Waals surface area contributed by atoms with Gasteiger partial charge in [0, 0.05) is 6.20 Å². The van der Waals surface area contributed by atoms with E-state index in [1.54, 1.807) is 12.3 Å². The van der Waals surface area contributed by atoms with Gasteiger partial charge in [0.05, 0.1) is 0 Å². The molecule has 0 bridgehead atoms. The molecule has 1 aromatic carbocycles. The minimum Gasteiger partial charge on any atom is -0.489 e. The van der Waals surface area contributed by atoms with E-state index in [4.69, 9.17) is 10.00 Å². The molecule has 0 atom stereocenters. The molecular formula is C15H14N2O. The smallest absolute Gasteiger partial charge is 0.140 e. The number of hydrogen-bond acceptors (Lipinski definition) is 3. The van der Waals surface area contributed by atoms with E-state index in [1.165, 1.54) is 5.56 Å². The Morgan fingerprint density at radius 2 is 2.11 bits per heavy atom. The van der Waals surface area contributed by atoms with Gasteiger partial charge in [-0.3, -0.25) is 0 Å². The van der Waals surface area contributed by atoms with Gasteiger partial charge in [0.2, 0.25) is 0 Å². The van der Waals surface area contributed by atoms with Gasteiger partial charge in [0.25, 0.3) is 0 Å². The SMILES string of the molecule is Cc1cccc(OCc2ccnc(C#N)c2)c1C. The Hall–Kier alpha value is -2.34. The molecule has 0 aliphatic heterocycles. The number of nitrogens with zero attached hydrogens (tertiary/aromatic N) is 2. The van der Waals surface area contributed by atoms with Crippen LogP contribution in [0.5, 0.6) is 5.75 Å². The first-order valence-corrected chi connectivity index (χ1v) is 5.75. The Balaban J connectivity index is 2.12. The fourth-order valence-electron chi connectivity index (χ4n) is 1.67. The van der Waals surface area contributed by atoms with Crippen molar-refractivity contribution in [3.05, 3.63) is 58.9 Å². The predicted molar refractivity (Wildman–Crippen MR) is 69.2 cm³/mol. The molecule has 3 heteroatoms. The normalized spacial score (nSPS) is 9.83. The molecule has 2 aromatic rings. The number of rotatable bonds is 3. The van der Waals surface area contributed by atoms with Crippen molar-refractivity contribution in [2.45, 2.75) is 20.5 Å². The van der Waals surface area contributed by atoms with Gasteiger partial charge < -0.3 is 4.74 Å². The second kappa shape index (κ2) is 5.33. The summed E-state index contributed by atoms with van der Waals surface area (Å²) >= 11 is 0. The van der Waals surface area contributed by atoms with Gasteiger partial charge in [-0.1, -0.05) is 12.1 Å². The summed E-state index contributed by atoms with van der Waals surface area (Å²) in [5.74, 6) is 0.880. The average molecular weight is 238 g/mol. The quantitative estimate of drug-likeness (QED) is 0.825. The third-order valence-electron chi connectivity index (χ3n) is 2.89. The van der Waals surface area contributed by atoms with Crippen LogP contribution in [0.25, 0.3) is 0 Å². The number of ether oxygens (including phenoxy) is 1. The van der Waals surface area contributed by atoms with Crippen molar-refractivity contribution in [3.63, 3.8) is 0 Å². The fourth-order valence-corrected chi connectivity index (χ4v) is 1.67. The van der Waals surface area contributed by atoms with Gasteiger partial charge >= 0.3 is 0 Å². The Bertz CT molecular complexity index is 600. The molecule has 0 saturated carbocycles. The van der Waals surface area contributed by atoms with Crippen LogP contribution in [-0.4, -0.2) is 4.98 Å². The van der Waals surface area contributed by atoms with Crippen molar-refractivity contribution >= 4 is 0 Å². The molecule has 0 radical (unpaired) electrons. The Morgan fingerprint density at radius 1 is 1.28 bits per heavy atom. The molecule has 90 valence electrons. The number of aromatic nitrogens is 1. The van der Waals surface area contributed by atoms with Crippen molar-refractivity contribution in [1.29, 1.82) is 5.26 Å². The van der Waals surface area contributed by atoms with Crippen LogP contribution < -0.4 is 4.74 Å². The molecule has 0 spiro atoms. The van der Waals surface area contributed by atoms with Crippen molar-refractivity contribution in [2.24, 2.45) is 0 Å². The average Bonchev–Trinajstić information content (AvgIpc) is 2.41. The first-order chi connectivity index (χ1) is 8.70. The lowest BCUT2D eigenvalue weighted by Crippen LogP contribution is -1.99. The summed E-state index contributed by atoms with van der Waals surface area (Å²) in [6, 6.07) is 11.6. The summed E-state index contributed by atoms with van der Waals surface area (Å²) in [6.07, 6.45) is 1.63. The highest BCUT2D eigenvalue weighted by Crippen LogP contribution is 2.21. The molecule has 0 unspecified atom stereocenters. The van der Waals surface area contributed by atoms with Gasteiger partial charge in [-0.25, -0.2) is 4.98 Å². The van der Waals surface area contributed by atoms with E-state index in [0.29, 0.717) is 12.3 Å². The number of aryl methyl sites for hydroxylation is 1. The van der Waals surface area contributed by atoms with Crippen LogP contribution in [-0.2, 0) is 6.61 Å². The number of nitriles is 1. The van der Waals surface area contributed by atoms with Crippen LogP contribution in [0.15, 0.2) is 36.5 Å². The molecular weight excluding hydrogens is 224 g/mol. The van der Waals surface area contributed by atoms with Crippen LogP contribution in [0.2, 0.25) is 0 Å². The molecule has 0 amide bonds. The standard InChI is InChI=1S/C15H14N2O/c1-11-4-3-5-15(12(11)2)18-10-13-6-7-17-14(8-13)9-16/h3-8H,10H2,1-2H3. The fraction of sp³-hybridized carbons (Fsp3) is 0.200. The second-order valence-corrected chi connectivity index (χ2v) is 4.15. The zero-order valence-electron chi connectivity index (χ0n) is 10.5. The minimum atomic E-state index is 0.414. The molecule has 0 fully saturated rings. The van der Waals surface area contributed by atoms with Gasteiger partial charge in [-0.2, -0.15) is 5.26 Å². The Morgan fingerprint density at radius 3 is 2.89 bits per heavy atom. The first-order valence-electron chi connectivity index (χ1n) is 5.75. The van der Waals surface area contributed by atoms with Crippen LogP contribution in [0.1, 0.15) is 22.4 Å². The molecule has 3 nitrogen and oxygen atoms in total. The molecule has 2 rings (SSSR count). The highest BCUT2D eigenvalue weighted by atomic mass is 16.5. The lowest BCUT2D eigenvalue weighted by Gasteiger charge is -2.10. The second-order valence-electron chi connectivity index (χ2n) is 4.15. The molecule has 0 saturated heterocycles. The summed E-state index contributed by atoms with van der Waals surface area (Å²) < 4.78 is 5.77. The summed E-state index contributed by atoms with van der Waals surface area (Å²) in [5, 5.41) is 8.77. The maximum absolute atomic E-state index is 8.77. The van der Waals surface area contributed by atoms with E-state index >= 15 is 0 Å². The maximum Gasteiger partial charge on any atom is 0.140 e. The highest BCUT2D eigenvalue weighted by Gasteiger charge is 2.02. The zero-order valence-corrected chi connectivity index (χ0v) is 10.5. The van der Waals surface area contributed by atoms with Crippen molar-refractivity contribution in [3.8, 4) is 11.8 Å². The Labute approximate surface area is 107 Å². The topological polar surface area (TPSA) is 45.9 Å². The van der Waals surface area contributed by atoms with Gasteiger partial charge in [0.15, 0.2) is 0 Å². The van der Waals surface area contributed by atoms with Gasteiger partial charge in [-0.05, 0) is 48.7 Å². The van der Waals surface area contributed by atoms with E-state index in [2.05, 4.69) is 18.0 Å². The van der Waals surface area contributed by atoms with E-state index < -0.39 is 0 Å². The van der Waals surface area contributed by atoms with E-state index in [0.717, 1.165) is 16.9 Å². The third kappa shape index (κ3) is 2.67. The van der Waals surface area contributed by atoms with E-state index in [-0.39, 0.29) is 0 Å². The maximum atomic E-state index is 8.77. The molecule has 0 aliphatic rings. The lowest BCUT2D eigenvalue weighted by atomic mass is 10.1. The number of hydrogen-bond donors (Lipinski definition) is 0. The monoisotopic (exact) mass is 238 g/mol. The summed E-state index contributed by atoms with van der Waals surface area (Å²) in [6.45, 7) is 4.54. The van der Waals surface area contributed by atoms with Crippen molar-refractivity contribution in [1.82, 2.24) is 4.98 Å². The molecule has 1 heterocycles. The molecule has 18 heavy (non-hydrogen) atoms. The van der Waals surface area contributed by atoms with E-state index in [9.17, 15) is 0 Å². The molecule has 1 aromatic heterocycles. The first kappa shape index (κ1) is 12.1. The number of pyridine rings is 1. The third-order valence-corrected chi connectivity index (χ3v) is 2.89. The van der Waals surface area contributed by atoms with E-state index in [1.807, 2.05) is 31.2 Å².